The Morgan fingerprint density at radius 2 is 1.57 bits per heavy atom. The molecule has 1 N–H and O–H groups in total. The topological polar surface area (TPSA) is 89.9 Å². The predicted octanol–water partition coefficient (Wildman–Crippen LogP) is 3.59. The Balaban J connectivity index is 2.07. The summed E-state index contributed by atoms with van der Waals surface area (Å²) in [5, 5.41) is 10.2. The van der Waals surface area contributed by atoms with Crippen LogP contribution in [-0.4, -0.2) is 26.6 Å². The van der Waals surface area contributed by atoms with E-state index in [2.05, 4.69) is 4.74 Å². The van der Waals surface area contributed by atoms with E-state index in [0.717, 1.165) is 24.8 Å². The normalized spacial score (nSPS) is 11.0. The van der Waals surface area contributed by atoms with Crippen molar-refractivity contribution in [1.82, 2.24) is 0 Å². The average Bonchev–Trinajstić information content (AvgIpc) is 2.73. The van der Waals surface area contributed by atoms with Crippen molar-refractivity contribution in [2.45, 2.75) is 16.4 Å². The Morgan fingerprint density at radius 1 is 0.964 bits per heavy atom. The quantitative estimate of drug-likeness (QED) is 0.638. The van der Waals surface area contributed by atoms with Crippen LogP contribution in [-0.2, 0) is 21.2 Å². The zero-order valence-corrected chi connectivity index (χ0v) is 15.8. The fraction of sp³-hybridized carbons (Fsp3) is 0.0952. The van der Waals surface area contributed by atoms with Gasteiger partial charge in [-0.2, -0.15) is 0 Å². The molecule has 0 spiro atoms. The van der Waals surface area contributed by atoms with Crippen molar-refractivity contribution in [2.75, 3.05) is 7.11 Å². The maximum atomic E-state index is 13.1. The molecule has 0 aliphatic heterocycles. The molecule has 0 bridgehead atoms. The minimum absolute atomic E-state index is 0.0138. The Kier molecular flexibility index (Phi) is 5.65. The number of rotatable bonds is 6. The smallest absolute Gasteiger partial charge is 0.339 e. The minimum atomic E-state index is -4.04. The van der Waals surface area contributed by atoms with Crippen LogP contribution in [0.15, 0.2) is 82.6 Å². The number of aromatic hydroxyl groups is 1. The highest BCUT2D eigenvalue weighted by Gasteiger charge is 2.27. The second-order valence-electron chi connectivity index (χ2n) is 5.90. The fourth-order valence-corrected chi connectivity index (χ4v) is 4.08. The van der Waals surface area contributed by atoms with E-state index in [0.29, 0.717) is 0 Å². The van der Waals surface area contributed by atoms with Gasteiger partial charge in [-0.25, -0.2) is 13.2 Å². The number of methoxy groups -OCH3 is 1. The summed E-state index contributed by atoms with van der Waals surface area (Å²) < 4.78 is 36.4. The number of phenolic OH excluding ortho intramolecular Hbond substituents is 1. The summed E-state index contributed by atoms with van der Waals surface area (Å²) in [6, 6.07) is 19.1. The molecule has 7 heteroatoms. The van der Waals surface area contributed by atoms with E-state index in [1.807, 2.05) is 30.3 Å². The molecule has 28 heavy (non-hydrogen) atoms. The van der Waals surface area contributed by atoms with E-state index in [1.165, 1.54) is 12.1 Å². The van der Waals surface area contributed by atoms with Crippen LogP contribution in [0, 0.1) is 0 Å². The third kappa shape index (κ3) is 3.99. The standard InChI is InChI=1S/C21H18O6S/c1-26-21(23)17-12-18(22)19(27-14-15-8-4-2-5-9-15)13-20(17)28(24,25)16-10-6-3-7-11-16/h2-13,22H,14H2,1H3. The number of sulfone groups is 1. The van der Waals surface area contributed by atoms with Crippen molar-refractivity contribution >= 4 is 15.8 Å². The zero-order valence-electron chi connectivity index (χ0n) is 15.0. The first-order valence-corrected chi connectivity index (χ1v) is 9.84. The average molecular weight is 398 g/mol. The van der Waals surface area contributed by atoms with Crippen molar-refractivity contribution in [3.8, 4) is 11.5 Å². The van der Waals surface area contributed by atoms with E-state index >= 15 is 0 Å². The number of hydrogen-bond acceptors (Lipinski definition) is 6. The zero-order chi connectivity index (χ0) is 20.1. The molecule has 0 unspecified atom stereocenters. The second-order valence-corrected chi connectivity index (χ2v) is 7.82. The molecule has 3 aromatic carbocycles. The first-order chi connectivity index (χ1) is 13.4. The largest absolute Gasteiger partial charge is 0.504 e. The maximum Gasteiger partial charge on any atom is 0.339 e. The third-order valence-corrected chi connectivity index (χ3v) is 5.86. The molecule has 0 saturated carbocycles. The summed E-state index contributed by atoms with van der Waals surface area (Å²) in [7, 11) is -2.90. The van der Waals surface area contributed by atoms with Gasteiger partial charge in [-0.1, -0.05) is 48.5 Å². The van der Waals surface area contributed by atoms with Crippen molar-refractivity contribution in [2.24, 2.45) is 0 Å². The molecule has 3 aromatic rings. The molecule has 0 amide bonds. The number of ether oxygens (including phenoxy) is 2. The lowest BCUT2D eigenvalue weighted by atomic mass is 10.2. The lowest BCUT2D eigenvalue weighted by Crippen LogP contribution is -2.12. The molecule has 0 saturated heterocycles. The highest BCUT2D eigenvalue weighted by Crippen LogP contribution is 2.35. The number of hydrogen-bond donors (Lipinski definition) is 1. The van der Waals surface area contributed by atoms with Crippen LogP contribution in [0.5, 0.6) is 11.5 Å². The number of benzene rings is 3. The monoisotopic (exact) mass is 398 g/mol. The van der Waals surface area contributed by atoms with Gasteiger partial charge >= 0.3 is 5.97 Å². The molecule has 6 nitrogen and oxygen atoms in total. The van der Waals surface area contributed by atoms with E-state index in [1.54, 1.807) is 18.2 Å². The van der Waals surface area contributed by atoms with Crippen molar-refractivity contribution in [3.63, 3.8) is 0 Å². The van der Waals surface area contributed by atoms with E-state index < -0.39 is 15.8 Å². The van der Waals surface area contributed by atoms with Gasteiger partial charge in [0.25, 0.3) is 0 Å². The molecule has 0 fully saturated rings. The first-order valence-electron chi connectivity index (χ1n) is 8.35. The minimum Gasteiger partial charge on any atom is -0.504 e. The molecule has 0 aliphatic rings. The van der Waals surface area contributed by atoms with Crippen molar-refractivity contribution in [1.29, 1.82) is 0 Å². The predicted molar refractivity (Wildman–Crippen MR) is 102 cm³/mol. The first kappa shape index (κ1) is 19.4. The Bertz CT molecular complexity index is 1080. The van der Waals surface area contributed by atoms with Gasteiger partial charge in [0.2, 0.25) is 9.84 Å². The maximum absolute atomic E-state index is 13.1. The van der Waals surface area contributed by atoms with E-state index in [9.17, 15) is 18.3 Å². The van der Waals surface area contributed by atoms with Gasteiger partial charge in [0, 0.05) is 6.07 Å². The van der Waals surface area contributed by atoms with Crippen LogP contribution in [0.25, 0.3) is 0 Å². The summed E-state index contributed by atoms with van der Waals surface area (Å²) in [5.74, 6) is -1.28. The lowest BCUT2D eigenvalue weighted by Gasteiger charge is -2.14. The highest BCUT2D eigenvalue weighted by atomic mass is 32.2. The molecule has 0 atom stereocenters. The molecule has 0 heterocycles. The number of carbonyl (C=O) groups excluding carboxylic acids is 1. The summed E-state index contributed by atoms with van der Waals surface area (Å²) in [5.41, 5.74) is 0.572. The van der Waals surface area contributed by atoms with Gasteiger partial charge in [0.1, 0.15) is 6.61 Å². The van der Waals surface area contributed by atoms with Gasteiger partial charge < -0.3 is 14.6 Å². The van der Waals surface area contributed by atoms with Crippen molar-refractivity contribution < 1.29 is 27.8 Å². The van der Waals surface area contributed by atoms with Crippen LogP contribution in [0.2, 0.25) is 0 Å². The Morgan fingerprint density at radius 3 is 2.18 bits per heavy atom. The van der Waals surface area contributed by atoms with Crippen LogP contribution >= 0.6 is 0 Å². The number of phenols is 1. The number of carbonyl (C=O) groups is 1. The lowest BCUT2D eigenvalue weighted by molar-refractivity contribution is 0.0595. The molecular weight excluding hydrogens is 380 g/mol. The summed E-state index contributed by atoms with van der Waals surface area (Å²) in [6.07, 6.45) is 0. The summed E-state index contributed by atoms with van der Waals surface area (Å²) in [4.78, 5) is 11.8. The molecule has 0 aromatic heterocycles. The van der Waals surface area contributed by atoms with E-state index in [-0.39, 0.29) is 33.5 Å². The van der Waals surface area contributed by atoms with Gasteiger partial charge in [0.15, 0.2) is 11.5 Å². The molecule has 0 radical (unpaired) electrons. The second kappa shape index (κ2) is 8.14. The van der Waals surface area contributed by atoms with Gasteiger partial charge in [-0.05, 0) is 23.8 Å². The number of esters is 1. The van der Waals surface area contributed by atoms with Crippen LogP contribution in [0.3, 0.4) is 0 Å². The highest BCUT2D eigenvalue weighted by molar-refractivity contribution is 7.91. The Hall–Kier alpha value is -3.32. The molecule has 3 rings (SSSR count). The fourth-order valence-electron chi connectivity index (χ4n) is 2.62. The van der Waals surface area contributed by atoms with Crippen LogP contribution in [0.4, 0.5) is 0 Å². The van der Waals surface area contributed by atoms with Gasteiger partial charge in [0.05, 0.1) is 22.5 Å². The summed E-state index contributed by atoms with van der Waals surface area (Å²) >= 11 is 0. The summed E-state index contributed by atoms with van der Waals surface area (Å²) in [6.45, 7) is 0.122. The van der Waals surface area contributed by atoms with Crippen LogP contribution in [0.1, 0.15) is 15.9 Å². The molecular formula is C21H18O6S. The van der Waals surface area contributed by atoms with E-state index in [4.69, 9.17) is 4.74 Å². The SMILES string of the molecule is COC(=O)c1cc(O)c(OCc2ccccc2)cc1S(=O)(=O)c1ccccc1. The Labute approximate surface area is 162 Å². The van der Waals surface area contributed by atoms with Gasteiger partial charge in [-0.3, -0.25) is 0 Å². The van der Waals surface area contributed by atoms with Crippen molar-refractivity contribution in [3.05, 3.63) is 83.9 Å². The third-order valence-electron chi connectivity index (χ3n) is 4.05. The van der Waals surface area contributed by atoms with Gasteiger partial charge in [-0.15, -0.1) is 0 Å². The van der Waals surface area contributed by atoms with Crippen LogP contribution < -0.4 is 4.74 Å². The molecule has 0 aliphatic carbocycles. The molecule has 144 valence electrons.